The molecule has 0 saturated carbocycles. The number of hydrogen-bond acceptors (Lipinski definition) is 6. The van der Waals surface area contributed by atoms with E-state index in [1.165, 1.54) is 142 Å². The minimum Gasteiger partial charge on any atom is -0.427 e. The molecule has 0 spiro atoms. The summed E-state index contributed by atoms with van der Waals surface area (Å²) in [5.74, 6) is 0. The Bertz CT molecular complexity index is 5160. The van der Waals surface area contributed by atoms with Crippen LogP contribution in [0.5, 0.6) is 0 Å². The van der Waals surface area contributed by atoms with Gasteiger partial charge in [0.1, 0.15) is 0 Å². The third-order valence-corrected chi connectivity index (χ3v) is 20.6. The van der Waals surface area contributed by atoms with Gasteiger partial charge in [0, 0.05) is 4.47 Å². The molecule has 1 fully saturated rings. The van der Waals surface area contributed by atoms with Crippen molar-refractivity contribution in [3.63, 3.8) is 0 Å². The Hall–Kier alpha value is -9.71. The molecule has 0 amide bonds. The lowest BCUT2D eigenvalue weighted by Crippen LogP contribution is -2.41. The van der Waals surface area contributed by atoms with E-state index in [1.807, 2.05) is 235 Å². The van der Waals surface area contributed by atoms with Crippen LogP contribution < -0.4 is 5.46 Å². The lowest BCUT2D eigenvalue weighted by atomic mass is 9.73. The maximum absolute atomic E-state index is 9.67. The van der Waals surface area contributed by atoms with E-state index in [4.69, 9.17) is 19.4 Å². The molecule has 1 saturated heterocycles. The van der Waals surface area contributed by atoms with Crippen molar-refractivity contribution in [1.82, 2.24) is 0 Å². The van der Waals surface area contributed by atoms with Crippen LogP contribution in [0.4, 0.5) is 0 Å². The first kappa shape index (κ1) is 118. The van der Waals surface area contributed by atoms with Crippen molar-refractivity contribution < 1.29 is 29.4 Å². The van der Waals surface area contributed by atoms with Crippen LogP contribution in [0.1, 0.15) is 230 Å². The van der Waals surface area contributed by atoms with Crippen LogP contribution in [0.3, 0.4) is 0 Å². The zero-order valence-electron chi connectivity index (χ0n) is 84.4. The zero-order valence-corrected chi connectivity index (χ0v) is 86.0. The first-order chi connectivity index (χ1) is 61.2. The predicted octanol–water partition coefficient (Wildman–Crippen LogP) is 35.9. The third kappa shape index (κ3) is 31.7. The minimum atomic E-state index is -1.46. The quantitative estimate of drug-likeness (QED) is 0.0965. The van der Waals surface area contributed by atoms with Crippen molar-refractivity contribution in [2.45, 2.75) is 260 Å². The van der Waals surface area contributed by atoms with Crippen LogP contribution in [-0.2, 0) is 9.31 Å². The predicted molar refractivity (Wildman–Crippen MR) is 582 cm³/mol. The Morgan fingerprint density at radius 3 is 0.651 bits per heavy atom. The molecule has 0 bridgehead atoms. The summed E-state index contributed by atoms with van der Waals surface area (Å²) in [6, 6.07) is 102. The molecule has 126 heavy (non-hydrogen) atoms. The Morgan fingerprint density at radius 2 is 0.421 bits per heavy atom. The highest BCUT2D eigenvalue weighted by atomic mass is 79.9. The molecule has 16 aromatic rings. The number of benzene rings is 16. The van der Waals surface area contributed by atoms with Gasteiger partial charge in [-0.05, 0) is 255 Å². The van der Waals surface area contributed by atoms with Gasteiger partial charge < -0.3 is 29.4 Å². The fourth-order valence-corrected chi connectivity index (χ4v) is 15.0. The molecule has 10 heteroatoms. The van der Waals surface area contributed by atoms with Gasteiger partial charge in [-0.2, -0.15) is 0 Å². The monoisotopic (exact) mass is 1760 g/mol. The average molecular weight is 1760 g/mol. The molecule has 0 atom stereocenters. The summed E-state index contributed by atoms with van der Waals surface area (Å²) >= 11 is 3.72. The highest BCUT2D eigenvalue weighted by molar-refractivity contribution is 9.10. The van der Waals surface area contributed by atoms with Gasteiger partial charge >= 0.3 is 21.4 Å². The van der Waals surface area contributed by atoms with Crippen molar-refractivity contribution in [2.75, 3.05) is 0 Å². The second-order valence-electron chi connectivity index (χ2n) is 26.7. The second kappa shape index (κ2) is 65.8. The number of halogens is 1. The number of rotatable bonds is 1. The summed E-state index contributed by atoms with van der Waals surface area (Å²) in [6.07, 6.45) is 0. The van der Waals surface area contributed by atoms with Crippen molar-refractivity contribution in [3.05, 3.63) is 318 Å². The molecular weight excluding hydrogens is 1600 g/mol. The molecule has 0 aromatic heterocycles. The normalized spacial score (nSPS) is 10.8. The Labute approximate surface area is 775 Å². The van der Waals surface area contributed by atoms with E-state index in [0.717, 1.165) is 21.5 Å². The van der Waals surface area contributed by atoms with Gasteiger partial charge in [0.15, 0.2) is 0 Å². The average Bonchev–Trinajstić information content (AvgIpc) is 1.57. The summed E-state index contributed by atoms with van der Waals surface area (Å²) in [5, 5.41) is 57.2. The van der Waals surface area contributed by atoms with Gasteiger partial charge in [-0.1, -0.05) is 459 Å². The molecule has 0 radical (unpaired) electrons. The van der Waals surface area contributed by atoms with Gasteiger partial charge in [-0.25, -0.2) is 0 Å². The van der Waals surface area contributed by atoms with E-state index in [-0.39, 0.29) is 18.3 Å². The van der Waals surface area contributed by atoms with Crippen molar-refractivity contribution >= 4 is 140 Å². The van der Waals surface area contributed by atoms with Crippen LogP contribution in [-0.4, -0.2) is 52.7 Å². The molecule has 676 valence electrons. The maximum Gasteiger partial charge on any atom is 0.489 e. The van der Waals surface area contributed by atoms with Crippen LogP contribution in [0.25, 0.3) is 130 Å². The Balaban J connectivity index is 0. The molecule has 6 nitrogen and oxygen atoms in total. The lowest BCUT2D eigenvalue weighted by Gasteiger charge is -2.32. The van der Waals surface area contributed by atoms with Gasteiger partial charge in [0.05, 0.1) is 11.2 Å². The van der Waals surface area contributed by atoms with Gasteiger partial charge in [0.25, 0.3) is 0 Å². The van der Waals surface area contributed by atoms with Crippen LogP contribution >= 0.6 is 15.9 Å². The van der Waals surface area contributed by atoms with E-state index in [9.17, 15) is 10.0 Å². The smallest absolute Gasteiger partial charge is 0.427 e. The standard InChI is InChI=1S/C22H14.C15H13BO2.C15H11Br.2C15H12.C7H15BO2.13C2H6.CH5BO2/c1-3-11-18-16(9-1)17-10-2-4-12-19(17)21-14-6-8-15-7-5-13-20(18)22(15)21;1-10-11-6-2-4-8-13(11)15(16(17)18)14-9-5-3-7-12(10)14;1-10-11-6-2-4-8-13(11)15(16)14-9-5-3-7-12(10)14;2*1-11-14-8-4-2-6-12(14)10-13-7-3-5-9-15(11)13;1-6(2)7(3,4)10-8(5)9-6;13*1-2;1-2(3)4/h1-14H;2-9,17-18H,1H3;2-9H,1H3;2*2-10H,1H3;1-5H3;13*1-2H3;3-4H,1H3. The molecule has 1 aliphatic carbocycles. The molecule has 18 rings (SSSR count). The topological polar surface area (TPSA) is 99.4 Å². The molecule has 0 unspecified atom stereocenters. The van der Waals surface area contributed by atoms with Crippen LogP contribution in [0, 0.1) is 27.7 Å². The number of hydrogen-bond donors (Lipinski definition) is 4. The fourth-order valence-electron chi connectivity index (χ4n) is 14.3. The molecular formula is C116H160B3BrO6. The molecule has 4 N–H and O–H groups in total. The first-order valence-corrected chi connectivity index (χ1v) is 48.0. The summed E-state index contributed by atoms with van der Waals surface area (Å²) < 4.78 is 12.3. The number of aryl methyl sites for hydroxylation is 4. The van der Waals surface area contributed by atoms with E-state index in [0.29, 0.717) is 5.46 Å². The van der Waals surface area contributed by atoms with E-state index >= 15 is 0 Å². The largest absolute Gasteiger partial charge is 0.489 e. The Kier molecular flexibility index (Phi) is 61.8. The number of fused-ring (bicyclic) bond motifs is 13. The minimum absolute atomic E-state index is 0.0648. The summed E-state index contributed by atoms with van der Waals surface area (Å²) in [4.78, 5) is 0. The van der Waals surface area contributed by atoms with Gasteiger partial charge in [0.2, 0.25) is 0 Å². The highest BCUT2D eigenvalue weighted by Gasteiger charge is 2.48. The third-order valence-electron chi connectivity index (χ3n) is 19.7. The van der Waals surface area contributed by atoms with E-state index < -0.39 is 14.2 Å². The van der Waals surface area contributed by atoms with Gasteiger partial charge in [-0.15, -0.1) is 0 Å². The second-order valence-corrected chi connectivity index (χ2v) is 27.5. The highest BCUT2D eigenvalue weighted by Crippen LogP contribution is 2.47. The fraction of sp³-hybridized carbons (Fsp3) is 0.328. The molecule has 1 heterocycles. The molecule has 1 aliphatic heterocycles. The van der Waals surface area contributed by atoms with E-state index in [2.05, 4.69) is 314 Å². The molecule has 16 aromatic carbocycles. The first-order valence-electron chi connectivity index (χ1n) is 47.2. The van der Waals surface area contributed by atoms with Crippen molar-refractivity contribution in [1.29, 1.82) is 0 Å². The van der Waals surface area contributed by atoms with Crippen molar-refractivity contribution in [2.24, 2.45) is 0 Å². The summed E-state index contributed by atoms with van der Waals surface area (Å²) in [7, 11) is -2.69. The summed E-state index contributed by atoms with van der Waals surface area (Å²) in [6.45, 7) is 72.1. The molecule has 2 aliphatic rings. The van der Waals surface area contributed by atoms with Crippen molar-refractivity contribution in [3.8, 4) is 33.4 Å². The SMILES string of the molecule is CB(O)O.CB1OC(C)(C)C(C)(C)O1.CC.CC.CC.CC.CC.CC.CC.CC.CC.CC.CC.CC.CC.Cc1c2ccccc2c(B(O)O)c2ccccc12.Cc1c2ccccc2c(Br)c2ccccc12.Cc1c2ccccc2cc2ccccc12.Cc1c2ccccc2cc2ccccc12.c1ccc2c(c1)-c1ccccc1-c1cccc3cccc-2c13. The van der Waals surface area contributed by atoms with Crippen LogP contribution in [0.15, 0.2) is 296 Å². The zero-order chi connectivity index (χ0) is 96.4. The lowest BCUT2D eigenvalue weighted by molar-refractivity contribution is 0.00578. The van der Waals surface area contributed by atoms with Crippen LogP contribution in [0.2, 0.25) is 13.6 Å². The van der Waals surface area contributed by atoms with E-state index in [1.54, 1.807) is 0 Å². The van der Waals surface area contributed by atoms with Gasteiger partial charge in [-0.3, -0.25) is 0 Å². The maximum atomic E-state index is 9.67. The summed E-state index contributed by atoms with van der Waals surface area (Å²) in [5.41, 5.74) is 13.5. The Morgan fingerprint density at radius 1 is 0.246 bits per heavy atom.